The molecule has 0 radical (unpaired) electrons. The van der Waals surface area contributed by atoms with Gasteiger partial charge in [-0.3, -0.25) is 0 Å². The summed E-state index contributed by atoms with van der Waals surface area (Å²) in [5.74, 6) is -0.261. The molecular formula is C15H18ClNO4S. The van der Waals surface area contributed by atoms with Crippen molar-refractivity contribution in [2.24, 2.45) is 0 Å². The van der Waals surface area contributed by atoms with Crippen molar-refractivity contribution >= 4 is 35.4 Å². The number of carbonyl (C=O) groups excluding carboxylic acids is 1. The molecule has 0 bridgehead atoms. The summed E-state index contributed by atoms with van der Waals surface area (Å²) in [6.07, 6.45) is -0.749. The number of ether oxygens (including phenoxy) is 1. The lowest BCUT2D eigenvalue weighted by Gasteiger charge is -2.14. The maximum atomic E-state index is 11.6. The second kappa shape index (κ2) is 10.1. The highest BCUT2D eigenvalue weighted by Crippen LogP contribution is 2.10. The number of rotatable bonds is 8. The van der Waals surface area contributed by atoms with E-state index in [-0.39, 0.29) is 12.4 Å². The van der Waals surface area contributed by atoms with Crippen LogP contribution < -0.4 is 5.32 Å². The van der Waals surface area contributed by atoms with Gasteiger partial charge < -0.3 is 15.2 Å². The highest BCUT2D eigenvalue weighted by Gasteiger charge is 2.20. The number of nitrogens with one attached hydrogen (secondary N) is 1. The number of hydrogen-bond acceptors (Lipinski definition) is 4. The van der Waals surface area contributed by atoms with Crippen LogP contribution in [0.2, 0.25) is 0 Å². The van der Waals surface area contributed by atoms with E-state index in [4.69, 9.17) is 21.4 Å². The quantitative estimate of drug-likeness (QED) is 0.757. The number of carboxylic acid groups (broad SMARTS) is 1. The molecule has 0 spiro atoms. The minimum absolute atomic E-state index is 0.0975. The Morgan fingerprint density at radius 2 is 2.09 bits per heavy atom. The van der Waals surface area contributed by atoms with Crippen molar-refractivity contribution in [1.82, 2.24) is 5.32 Å². The highest BCUT2D eigenvalue weighted by atomic mass is 35.5. The summed E-state index contributed by atoms with van der Waals surface area (Å²) in [6, 6.07) is 8.16. The third kappa shape index (κ3) is 7.38. The monoisotopic (exact) mass is 343 g/mol. The Bertz CT molecular complexity index is 522. The molecule has 120 valence electrons. The number of halogens is 1. The number of alkyl carbamates (subject to hydrolysis) is 1. The molecule has 7 heteroatoms. The van der Waals surface area contributed by atoms with Crippen molar-refractivity contribution in [2.45, 2.75) is 19.6 Å². The van der Waals surface area contributed by atoms with Crippen LogP contribution in [0.3, 0.4) is 0 Å². The van der Waals surface area contributed by atoms with E-state index in [0.717, 1.165) is 11.1 Å². The van der Waals surface area contributed by atoms with Gasteiger partial charge in [0.25, 0.3) is 0 Å². The number of hydrogen-bond donors (Lipinski definition) is 2. The molecule has 0 saturated carbocycles. The molecule has 0 aliphatic rings. The summed E-state index contributed by atoms with van der Waals surface area (Å²) < 4.78 is 5.00. The Balaban J connectivity index is 2.38. The lowest BCUT2D eigenvalue weighted by Crippen LogP contribution is -2.42. The third-order valence-electron chi connectivity index (χ3n) is 2.60. The normalized spacial score (nSPS) is 12.5. The first kappa shape index (κ1) is 18.4. The van der Waals surface area contributed by atoms with Crippen LogP contribution in [0.25, 0.3) is 0 Å². The minimum Gasteiger partial charge on any atom is -0.480 e. The van der Waals surface area contributed by atoms with Crippen molar-refractivity contribution < 1.29 is 19.4 Å². The van der Waals surface area contributed by atoms with E-state index < -0.39 is 18.1 Å². The van der Waals surface area contributed by atoms with E-state index >= 15 is 0 Å². The summed E-state index contributed by atoms with van der Waals surface area (Å²) >= 11 is 6.91. The molecule has 0 aliphatic heterocycles. The van der Waals surface area contributed by atoms with Crippen LogP contribution in [0.15, 0.2) is 41.4 Å². The van der Waals surface area contributed by atoms with E-state index in [1.54, 1.807) is 0 Å². The number of aliphatic carboxylic acids is 1. The first-order chi connectivity index (χ1) is 10.5. The van der Waals surface area contributed by atoms with Gasteiger partial charge in [-0.25, -0.2) is 9.59 Å². The zero-order chi connectivity index (χ0) is 16.4. The summed E-state index contributed by atoms with van der Waals surface area (Å²) in [7, 11) is 0. The maximum absolute atomic E-state index is 11.6. The van der Waals surface area contributed by atoms with Crippen LogP contribution in [0.1, 0.15) is 12.5 Å². The predicted molar refractivity (Wildman–Crippen MR) is 88.1 cm³/mol. The molecule has 1 amide bonds. The van der Waals surface area contributed by atoms with E-state index in [9.17, 15) is 9.59 Å². The zero-order valence-corrected chi connectivity index (χ0v) is 13.7. The molecule has 0 fully saturated rings. The molecule has 0 aliphatic carbocycles. The smallest absolute Gasteiger partial charge is 0.408 e. The van der Waals surface area contributed by atoms with E-state index in [1.807, 2.05) is 37.3 Å². The minimum atomic E-state index is -1.10. The molecule has 0 heterocycles. The van der Waals surface area contributed by atoms with Crippen molar-refractivity contribution in [3.8, 4) is 0 Å². The molecule has 5 nitrogen and oxygen atoms in total. The molecule has 1 rings (SSSR count). The van der Waals surface area contributed by atoms with Gasteiger partial charge in [-0.2, -0.15) is 11.8 Å². The number of amides is 1. The van der Waals surface area contributed by atoms with Gasteiger partial charge in [0.15, 0.2) is 0 Å². The lowest BCUT2D eigenvalue weighted by atomic mass is 10.2. The Morgan fingerprint density at radius 1 is 1.41 bits per heavy atom. The number of thioether (sulfide) groups is 1. The van der Waals surface area contributed by atoms with Gasteiger partial charge in [-0.15, -0.1) is 0 Å². The van der Waals surface area contributed by atoms with Crippen molar-refractivity contribution in [2.75, 3.05) is 11.5 Å². The first-order valence-electron chi connectivity index (χ1n) is 6.56. The van der Waals surface area contributed by atoms with Crippen molar-refractivity contribution in [1.29, 1.82) is 0 Å². The fraction of sp³-hybridized carbons (Fsp3) is 0.333. The van der Waals surface area contributed by atoms with Gasteiger partial charge in [0.1, 0.15) is 12.6 Å². The van der Waals surface area contributed by atoms with Gasteiger partial charge in [-0.1, -0.05) is 47.5 Å². The topological polar surface area (TPSA) is 75.6 Å². The van der Waals surface area contributed by atoms with E-state index in [1.165, 1.54) is 17.3 Å². The standard InChI is InChI=1S/C15H18ClNO4S/c1-11(7-16)9-22-10-13(14(18)19)17-15(20)21-8-12-5-3-2-4-6-12/h2-7,13H,8-10H2,1H3,(H,17,20)(H,18,19)/b11-7-. The van der Waals surface area contributed by atoms with Gasteiger partial charge in [-0.05, 0) is 12.5 Å². The first-order valence-corrected chi connectivity index (χ1v) is 8.15. The van der Waals surface area contributed by atoms with Crippen molar-refractivity contribution in [3.05, 3.63) is 47.0 Å². The fourth-order valence-corrected chi connectivity index (χ4v) is 2.60. The molecule has 1 unspecified atom stereocenters. The second-order valence-corrected chi connectivity index (χ2v) is 5.82. The molecule has 2 N–H and O–H groups in total. The number of carbonyl (C=O) groups is 2. The molecule has 1 aromatic carbocycles. The summed E-state index contributed by atoms with van der Waals surface area (Å²) in [4.78, 5) is 22.8. The predicted octanol–water partition coefficient (Wildman–Crippen LogP) is 3.24. The average Bonchev–Trinajstić information content (AvgIpc) is 2.52. The second-order valence-electron chi connectivity index (χ2n) is 4.57. The lowest BCUT2D eigenvalue weighted by molar-refractivity contribution is -0.138. The van der Waals surface area contributed by atoms with Crippen LogP contribution >= 0.6 is 23.4 Å². The molecule has 1 atom stereocenters. The van der Waals surface area contributed by atoms with Gasteiger partial charge in [0, 0.05) is 17.0 Å². The zero-order valence-electron chi connectivity index (χ0n) is 12.1. The molecular weight excluding hydrogens is 326 g/mol. The number of carboxylic acids is 1. The van der Waals surface area contributed by atoms with Crippen LogP contribution in [-0.4, -0.2) is 34.7 Å². The number of benzene rings is 1. The van der Waals surface area contributed by atoms with Crippen LogP contribution in [0, 0.1) is 0 Å². The Labute approximate surface area is 138 Å². The van der Waals surface area contributed by atoms with Crippen LogP contribution in [-0.2, 0) is 16.1 Å². The van der Waals surface area contributed by atoms with Gasteiger partial charge >= 0.3 is 12.1 Å². The van der Waals surface area contributed by atoms with E-state index in [0.29, 0.717) is 5.75 Å². The molecule has 22 heavy (non-hydrogen) atoms. The fourth-order valence-electron chi connectivity index (χ4n) is 1.45. The Kier molecular flexibility index (Phi) is 8.47. The largest absolute Gasteiger partial charge is 0.480 e. The van der Waals surface area contributed by atoms with Gasteiger partial charge in [0.05, 0.1) is 0 Å². The van der Waals surface area contributed by atoms with Crippen molar-refractivity contribution in [3.63, 3.8) is 0 Å². The third-order valence-corrected chi connectivity index (χ3v) is 4.20. The van der Waals surface area contributed by atoms with Gasteiger partial charge in [0.2, 0.25) is 0 Å². The Morgan fingerprint density at radius 3 is 2.68 bits per heavy atom. The van der Waals surface area contributed by atoms with Crippen LogP contribution in [0.4, 0.5) is 4.79 Å². The maximum Gasteiger partial charge on any atom is 0.408 e. The molecule has 0 saturated heterocycles. The molecule has 0 aromatic heterocycles. The molecule has 1 aromatic rings. The highest BCUT2D eigenvalue weighted by molar-refractivity contribution is 7.99. The summed E-state index contributed by atoms with van der Waals surface area (Å²) in [5, 5.41) is 11.5. The van der Waals surface area contributed by atoms with Crippen LogP contribution in [0.5, 0.6) is 0 Å². The average molecular weight is 344 g/mol. The summed E-state index contributed by atoms with van der Waals surface area (Å²) in [6.45, 7) is 1.94. The van der Waals surface area contributed by atoms with E-state index in [2.05, 4.69) is 5.32 Å². The summed E-state index contributed by atoms with van der Waals surface area (Å²) in [5.41, 5.74) is 3.22. The SMILES string of the molecule is C/C(=C/Cl)CSCC(NC(=O)OCc1ccccc1)C(=O)O. The Hall–Kier alpha value is -1.66.